The van der Waals surface area contributed by atoms with Crippen LogP contribution in [0.15, 0.2) is 18.2 Å². The molecular formula is C14H18FNO4. The van der Waals surface area contributed by atoms with E-state index in [-0.39, 0.29) is 30.3 Å². The molecule has 0 aliphatic carbocycles. The number of carboxylic acid groups (broad SMARTS) is 1. The first-order valence-corrected chi connectivity index (χ1v) is 6.34. The molecule has 0 heterocycles. The maximum Gasteiger partial charge on any atom is 0.303 e. The topological polar surface area (TPSA) is 77.8 Å². The van der Waals surface area contributed by atoms with Crippen LogP contribution in [0.3, 0.4) is 0 Å². The number of benzene rings is 1. The van der Waals surface area contributed by atoms with Crippen LogP contribution in [0, 0.1) is 5.82 Å². The van der Waals surface area contributed by atoms with E-state index >= 15 is 0 Å². The molecule has 0 atom stereocenters. The van der Waals surface area contributed by atoms with E-state index in [9.17, 15) is 19.1 Å². The van der Waals surface area contributed by atoms with Crippen molar-refractivity contribution in [3.63, 3.8) is 0 Å². The first-order valence-electron chi connectivity index (χ1n) is 6.34. The highest BCUT2D eigenvalue weighted by Crippen LogP contribution is 2.21. The molecular weight excluding hydrogens is 265 g/mol. The lowest BCUT2D eigenvalue weighted by Gasteiger charge is -2.27. The molecule has 0 spiro atoms. The molecule has 2 N–H and O–H groups in total. The van der Waals surface area contributed by atoms with Gasteiger partial charge in [-0.1, -0.05) is 0 Å². The van der Waals surface area contributed by atoms with E-state index in [0.717, 1.165) is 18.2 Å². The summed E-state index contributed by atoms with van der Waals surface area (Å²) in [5.41, 5.74) is -0.117. The van der Waals surface area contributed by atoms with Gasteiger partial charge in [0.1, 0.15) is 11.6 Å². The largest absolute Gasteiger partial charge is 0.507 e. The lowest BCUT2D eigenvalue weighted by molar-refractivity contribution is -0.137. The summed E-state index contributed by atoms with van der Waals surface area (Å²) in [4.78, 5) is 24.2. The normalized spacial score (nSPS) is 10.6. The molecule has 0 aliphatic heterocycles. The summed E-state index contributed by atoms with van der Waals surface area (Å²) >= 11 is 0. The third-order valence-corrected chi connectivity index (χ3v) is 2.86. The van der Waals surface area contributed by atoms with E-state index in [2.05, 4.69) is 0 Å². The Kier molecular flexibility index (Phi) is 5.49. The first kappa shape index (κ1) is 15.9. The Morgan fingerprint density at radius 2 is 2.00 bits per heavy atom. The van der Waals surface area contributed by atoms with Gasteiger partial charge in [-0.15, -0.1) is 0 Å². The van der Waals surface area contributed by atoms with Gasteiger partial charge in [-0.3, -0.25) is 9.59 Å². The Hall–Kier alpha value is -2.11. The summed E-state index contributed by atoms with van der Waals surface area (Å²) in [7, 11) is 0. The van der Waals surface area contributed by atoms with Crippen molar-refractivity contribution >= 4 is 11.9 Å². The van der Waals surface area contributed by atoms with E-state index in [1.165, 1.54) is 4.90 Å². The third-order valence-electron chi connectivity index (χ3n) is 2.86. The maximum atomic E-state index is 13.2. The monoisotopic (exact) mass is 283 g/mol. The van der Waals surface area contributed by atoms with Crippen molar-refractivity contribution in [3.8, 4) is 5.75 Å². The van der Waals surface area contributed by atoms with Crippen molar-refractivity contribution in [3.05, 3.63) is 29.6 Å². The van der Waals surface area contributed by atoms with E-state index < -0.39 is 17.7 Å². The van der Waals surface area contributed by atoms with E-state index in [4.69, 9.17) is 5.11 Å². The molecule has 0 aromatic heterocycles. The second-order valence-electron chi connectivity index (χ2n) is 4.75. The summed E-state index contributed by atoms with van der Waals surface area (Å²) in [6.45, 7) is 3.78. The fourth-order valence-corrected chi connectivity index (χ4v) is 1.83. The zero-order valence-electron chi connectivity index (χ0n) is 11.5. The number of phenols is 1. The van der Waals surface area contributed by atoms with Crippen LogP contribution in [0.25, 0.3) is 0 Å². The number of amides is 1. The molecule has 1 aromatic rings. The minimum Gasteiger partial charge on any atom is -0.507 e. The molecule has 1 amide bonds. The van der Waals surface area contributed by atoms with Gasteiger partial charge in [0, 0.05) is 19.0 Å². The average molecular weight is 283 g/mol. The molecule has 0 saturated carbocycles. The van der Waals surface area contributed by atoms with Gasteiger partial charge in [0.05, 0.1) is 5.56 Å². The lowest BCUT2D eigenvalue weighted by atomic mass is 10.1. The predicted octanol–water partition coefficient (Wildman–Crippen LogP) is 2.25. The third kappa shape index (κ3) is 4.22. The van der Waals surface area contributed by atoms with Crippen molar-refractivity contribution in [1.29, 1.82) is 0 Å². The number of hydrogen-bond acceptors (Lipinski definition) is 3. The second-order valence-corrected chi connectivity index (χ2v) is 4.75. The zero-order chi connectivity index (χ0) is 15.3. The molecule has 0 fully saturated rings. The Balaban J connectivity index is 2.88. The van der Waals surface area contributed by atoms with Gasteiger partial charge in [0.25, 0.3) is 5.91 Å². The highest BCUT2D eigenvalue weighted by Gasteiger charge is 2.22. The maximum absolute atomic E-state index is 13.2. The smallest absolute Gasteiger partial charge is 0.303 e. The highest BCUT2D eigenvalue weighted by atomic mass is 19.1. The molecule has 110 valence electrons. The van der Waals surface area contributed by atoms with E-state index in [1.54, 1.807) is 13.8 Å². The van der Waals surface area contributed by atoms with Crippen molar-refractivity contribution in [2.45, 2.75) is 32.7 Å². The Morgan fingerprint density at radius 3 is 2.55 bits per heavy atom. The van der Waals surface area contributed by atoms with E-state index in [0.29, 0.717) is 6.42 Å². The Morgan fingerprint density at radius 1 is 1.35 bits per heavy atom. The summed E-state index contributed by atoms with van der Waals surface area (Å²) in [6.07, 6.45) is 0.251. The fraction of sp³-hybridized carbons (Fsp3) is 0.429. The van der Waals surface area contributed by atoms with Crippen LogP contribution in [0.4, 0.5) is 4.39 Å². The number of halogens is 1. The standard InChI is InChI=1S/C14H18FNO4/c1-9(2)16(7-3-4-13(18)19)14(20)11-8-10(15)5-6-12(11)17/h5-6,8-9,17H,3-4,7H2,1-2H3,(H,18,19). The van der Waals surface area contributed by atoms with Crippen molar-refractivity contribution < 1.29 is 24.2 Å². The summed E-state index contributed by atoms with van der Waals surface area (Å²) in [6, 6.07) is 2.98. The van der Waals surface area contributed by atoms with Gasteiger partial charge < -0.3 is 15.1 Å². The molecule has 0 radical (unpaired) electrons. The molecule has 1 aromatic carbocycles. The first-order chi connectivity index (χ1) is 9.32. The molecule has 0 aliphatic rings. The summed E-state index contributed by atoms with van der Waals surface area (Å²) < 4.78 is 13.2. The highest BCUT2D eigenvalue weighted by molar-refractivity contribution is 5.97. The number of rotatable bonds is 6. The minimum absolute atomic E-state index is 0.0500. The van der Waals surface area contributed by atoms with Gasteiger partial charge in [-0.05, 0) is 38.5 Å². The lowest BCUT2D eigenvalue weighted by Crippen LogP contribution is -2.38. The van der Waals surface area contributed by atoms with Crippen LogP contribution in [0.5, 0.6) is 5.75 Å². The molecule has 6 heteroatoms. The summed E-state index contributed by atoms with van der Waals surface area (Å²) in [5, 5.41) is 18.2. The van der Waals surface area contributed by atoms with Crippen molar-refractivity contribution in [1.82, 2.24) is 4.90 Å². The van der Waals surface area contributed by atoms with Gasteiger partial charge in [0.15, 0.2) is 0 Å². The van der Waals surface area contributed by atoms with E-state index in [1.807, 2.05) is 0 Å². The number of hydrogen-bond donors (Lipinski definition) is 2. The van der Waals surface area contributed by atoms with Crippen LogP contribution < -0.4 is 0 Å². The second kappa shape index (κ2) is 6.88. The van der Waals surface area contributed by atoms with Crippen LogP contribution in [-0.2, 0) is 4.79 Å². The Bertz CT molecular complexity index is 502. The predicted molar refractivity (Wildman–Crippen MR) is 71.1 cm³/mol. The van der Waals surface area contributed by atoms with Gasteiger partial charge in [-0.25, -0.2) is 4.39 Å². The number of carbonyl (C=O) groups is 2. The average Bonchev–Trinajstić information content (AvgIpc) is 2.36. The van der Waals surface area contributed by atoms with Crippen LogP contribution in [-0.4, -0.2) is 39.6 Å². The quantitative estimate of drug-likeness (QED) is 0.839. The van der Waals surface area contributed by atoms with Crippen LogP contribution in [0.1, 0.15) is 37.0 Å². The Labute approximate surface area is 116 Å². The number of carbonyl (C=O) groups excluding carboxylic acids is 1. The molecule has 20 heavy (non-hydrogen) atoms. The molecule has 5 nitrogen and oxygen atoms in total. The van der Waals surface area contributed by atoms with Crippen molar-refractivity contribution in [2.75, 3.05) is 6.54 Å². The molecule has 1 rings (SSSR count). The van der Waals surface area contributed by atoms with Gasteiger partial charge >= 0.3 is 5.97 Å². The number of aromatic hydroxyl groups is 1. The van der Waals surface area contributed by atoms with Gasteiger partial charge in [-0.2, -0.15) is 0 Å². The number of nitrogens with zero attached hydrogens (tertiary/aromatic N) is 1. The van der Waals surface area contributed by atoms with Crippen LogP contribution >= 0.6 is 0 Å². The summed E-state index contributed by atoms with van der Waals surface area (Å²) in [5.74, 6) is -2.35. The van der Waals surface area contributed by atoms with Gasteiger partial charge in [0.2, 0.25) is 0 Å². The van der Waals surface area contributed by atoms with Crippen molar-refractivity contribution in [2.24, 2.45) is 0 Å². The molecule has 0 bridgehead atoms. The molecule has 0 unspecified atom stereocenters. The fourth-order valence-electron chi connectivity index (χ4n) is 1.83. The minimum atomic E-state index is -0.935. The zero-order valence-corrected chi connectivity index (χ0v) is 11.5. The number of carboxylic acids is 1. The number of phenolic OH excluding ortho intramolecular Hbond substituents is 1. The van der Waals surface area contributed by atoms with Crippen LogP contribution in [0.2, 0.25) is 0 Å². The SMILES string of the molecule is CC(C)N(CCCC(=O)O)C(=O)c1cc(F)ccc1O. The number of aliphatic carboxylic acids is 1. The molecule has 0 saturated heterocycles.